The standard InChI is InChI=1S/2C16H14F2NO2.2C5H5.Ti/c2*1-21-10-9-19(15-8-7-13(17)11-14(15)18)16(20)12-5-3-2-4-6-12;2*1-2-4-5-3-1;/h2*2-8H,9-10H2,1H3;2*1-5H;/q4*-1;+4. The van der Waals surface area contributed by atoms with E-state index < -0.39 is 23.3 Å². The Morgan fingerprint density at radius 1 is 0.547 bits per heavy atom. The number of rotatable bonds is 10. The number of nitrogens with zero attached hydrogens (tertiary/aromatic N) is 2. The van der Waals surface area contributed by atoms with Crippen LogP contribution in [-0.4, -0.2) is 52.3 Å². The van der Waals surface area contributed by atoms with E-state index in [4.69, 9.17) is 9.47 Å². The zero-order valence-corrected chi connectivity index (χ0v) is 30.8. The van der Waals surface area contributed by atoms with E-state index in [-0.39, 0.29) is 71.2 Å². The average Bonchev–Trinajstić information content (AvgIpc) is 3.95. The van der Waals surface area contributed by atoms with Crippen molar-refractivity contribution in [2.24, 2.45) is 0 Å². The summed E-state index contributed by atoms with van der Waals surface area (Å²) in [6, 6.07) is 45.4. The van der Waals surface area contributed by atoms with Gasteiger partial charge in [0.1, 0.15) is 0 Å². The molecule has 2 amide bonds. The first-order valence-corrected chi connectivity index (χ1v) is 16.1. The van der Waals surface area contributed by atoms with Gasteiger partial charge in [-0.25, -0.2) is 41.8 Å². The maximum absolute atomic E-state index is 13.9. The number of carbonyl (C=O) groups is 2. The van der Waals surface area contributed by atoms with Gasteiger partial charge in [0.25, 0.3) is 0 Å². The number of anilines is 2. The molecule has 0 heterocycles. The Balaban J connectivity index is 0.000000285. The van der Waals surface area contributed by atoms with E-state index in [2.05, 4.69) is 0 Å². The molecule has 0 bridgehead atoms. The second-order valence-corrected chi connectivity index (χ2v) is 10.6. The van der Waals surface area contributed by atoms with Crippen molar-refractivity contribution < 1.29 is 58.3 Å². The molecule has 6 nitrogen and oxygen atoms in total. The summed E-state index contributed by atoms with van der Waals surface area (Å²) in [5.41, 5.74) is 0.777. The van der Waals surface area contributed by atoms with Gasteiger partial charge in [0.05, 0.1) is 13.2 Å². The molecule has 0 N–H and O–H groups in total. The molecule has 0 saturated heterocycles. The molecule has 0 spiro atoms. The molecule has 0 aromatic heterocycles. The number of amides is 2. The molecule has 0 aliphatic rings. The van der Waals surface area contributed by atoms with E-state index in [1.54, 1.807) is 60.7 Å². The van der Waals surface area contributed by atoms with Gasteiger partial charge in [-0.1, -0.05) is 36.4 Å². The van der Waals surface area contributed by atoms with Crippen LogP contribution in [0.15, 0.2) is 146 Å². The van der Waals surface area contributed by atoms with Gasteiger partial charge < -0.3 is 19.3 Å². The van der Waals surface area contributed by atoms with E-state index in [9.17, 15) is 27.2 Å². The Morgan fingerprint density at radius 3 is 1.15 bits per heavy atom. The minimum Gasteiger partial charge on any atom is -0.383 e. The van der Waals surface area contributed by atoms with Crippen molar-refractivity contribution in [3.05, 3.63) is 192 Å². The number of benzene rings is 4. The van der Waals surface area contributed by atoms with E-state index in [0.717, 1.165) is 12.1 Å². The van der Waals surface area contributed by atoms with Crippen molar-refractivity contribution in [2.45, 2.75) is 0 Å². The first-order chi connectivity index (χ1) is 25.3. The van der Waals surface area contributed by atoms with Crippen LogP contribution in [0.3, 0.4) is 0 Å². The van der Waals surface area contributed by atoms with Crippen molar-refractivity contribution in [3.63, 3.8) is 0 Å². The zero-order chi connectivity index (χ0) is 37.6. The smallest absolute Gasteiger partial charge is 0.383 e. The minimum absolute atomic E-state index is 0. The van der Waals surface area contributed by atoms with Gasteiger partial charge >= 0.3 is 21.7 Å². The SMILES string of the molecule is COCCN(C(=O)c1ccccc1)c1ccc(F)[c-]c1F.COCCN(C(=O)c1ccccc1)c1ccc(F)[c-]c1F.[Ti+4].c1cc[cH-]c1.c1cc[cH-]c1. The second-order valence-electron chi connectivity index (χ2n) is 10.6. The summed E-state index contributed by atoms with van der Waals surface area (Å²) in [5.74, 6) is -4.20. The molecule has 0 unspecified atom stereocenters. The third-order valence-corrected chi connectivity index (χ3v) is 6.95. The number of methoxy groups -OCH3 is 2. The third-order valence-electron chi connectivity index (χ3n) is 6.95. The molecule has 11 heteroatoms. The molecular formula is C42H38F4N2O4Ti. The van der Waals surface area contributed by atoms with E-state index in [1.807, 2.05) is 72.8 Å². The Hall–Kier alpha value is -5.13. The van der Waals surface area contributed by atoms with Crippen molar-refractivity contribution in [1.82, 2.24) is 0 Å². The second kappa shape index (κ2) is 25.0. The van der Waals surface area contributed by atoms with Crippen LogP contribution in [-0.2, 0) is 31.2 Å². The molecule has 0 radical (unpaired) electrons. The maximum Gasteiger partial charge on any atom is 4.00 e. The number of hydrogen-bond donors (Lipinski definition) is 0. The Kier molecular flexibility index (Phi) is 20.7. The molecular weight excluding hydrogens is 720 g/mol. The van der Waals surface area contributed by atoms with Crippen LogP contribution in [0.25, 0.3) is 0 Å². The molecule has 53 heavy (non-hydrogen) atoms. The predicted molar refractivity (Wildman–Crippen MR) is 194 cm³/mol. The molecule has 0 aliphatic heterocycles. The predicted octanol–water partition coefficient (Wildman–Crippen LogP) is 8.92. The van der Waals surface area contributed by atoms with Gasteiger partial charge in [-0.3, -0.25) is 9.59 Å². The zero-order valence-electron chi connectivity index (χ0n) is 29.2. The topological polar surface area (TPSA) is 59.1 Å². The minimum atomic E-state index is -0.907. The Labute approximate surface area is 322 Å². The quantitative estimate of drug-likeness (QED) is 0.0796. The number of carbonyl (C=O) groups excluding carboxylic acids is 2. The Bertz CT molecular complexity index is 1690. The number of halogens is 4. The molecule has 0 fully saturated rings. The normalized spacial score (nSPS) is 9.77. The van der Waals surface area contributed by atoms with Gasteiger partial charge in [0.15, 0.2) is 0 Å². The van der Waals surface area contributed by atoms with Crippen LogP contribution < -0.4 is 9.80 Å². The fourth-order valence-electron chi connectivity index (χ4n) is 4.43. The molecule has 0 aliphatic carbocycles. The fourth-order valence-corrected chi connectivity index (χ4v) is 4.43. The van der Waals surface area contributed by atoms with Gasteiger partial charge in [-0.2, -0.15) is 36.4 Å². The van der Waals surface area contributed by atoms with Crippen molar-refractivity contribution in [1.29, 1.82) is 0 Å². The first kappa shape index (κ1) is 44.0. The fraction of sp³-hybridized carbons (Fsp3) is 0.143. The van der Waals surface area contributed by atoms with Gasteiger partial charge in [-0.05, 0) is 35.6 Å². The monoisotopic (exact) mass is 758 g/mol. The third kappa shape index (κ3) is 15.2. The van der Waals surface area contributed by atoms with Crippen molar-refractivity contribution >= 4 is 23.2 Å². The van der Waals surface area contributed by atoms with Crippen LogP contribution in [0.2, 0.25) is 0 Å². The summed E-state index contributed by atoms with van der Waals surface area (Å²) >= 11 is 0. The molecule has 6 aromatic carbocycles. The summed E-state index contributed by atoms with van der Waals surface area (Å²) in [6.07, 6.45) is 0. The number of ether oxygens (including phenoxy) is 2. The summed E-state index contributed by atoms with van der Waals surface area (Å²) in [7, 11) is 2.97. The molecule has 272 valence electrons. The van der Waals surface area contributed by atoms with Crippen molar-refractivity contribution in [2.75, 3.05) is 50.3 Å². The summed E-state index contributed by atoms with van der Waals surface area (Å²) in [6.45, 7) is 0.770. The van der Waals surface area contributed by atoms with Crippen molar-refractivity contribution in [3.8, 4) is 0 Å². The van der Waals surface area contributed by atoms with E-state index in [0.29, 0.717) is 11.1 Å². The summed E-state index contributed by atoms with van der Waals surface area (Å²) in [4.78, 5) is 27.4. The van der Waals surface area contributed by atoms with Crippen LogP contribution in [0.4, 0.5) is 28.9 Å². The van der Waals surface area contributed by atoms with Gasteiger partial charge in [0.2, 0.25) is 11.8 Å². The van der Waals surface area contributed by atoms with Gasteiger partial charge in [-0.15, -0.1) is 36.4 Å². The average molecular weight is 759 g/mol. The summed E-state index contributed by atoms with van der Waals surface area (Å²) in [5, 5.41) is 0. The van der Waals surface area contributed by atoms with Crippen LogP contribution in [0.1, 0.15) is 20.7 Å². The maximum atomic E-state index is 13.9. The number of hydrogen-bond acceptors (Lipinski definition) is 4. The van der Waals surface area contributed by atoms with Crippen LogP contribution >= 0.6 is 0 Å². The van der Waals surface area contributed by atoms with Gasteiger partial charge in [0, 0.05) is 61.7 Å². The molecule has 6 rings (SSSR count). The van der Waals surface area contributed by atoms with E-state index in [1.165, 1.54) is 36.2 Å². The van der Waals surface area contributed by atoms with Crippen LogP contribution in [0, 0.1) is 35.4 Å². The summed E-state index contributed by atoms with van der Waals surface area (Å²) < 4.78 is 63.6. The van der Waals surface area contributed by atoms with Crippen LogP contribution in [0.5, 0.6) is 0 Å². The molecule has 0 saturated carbocycles. The van der Waals surface area contributed by atoms with E-state index >= 15 is 0 Å². The molecule has 6 aromatic rings. The largest absolute Gasteiger partial charge is 4.00 e. The first-order valence-electron chi connectivity index (χ1n) is 16.1. The Morgan fingerprint density at radius 2 is 0.887 bits per heavy atom. The molecule has 0 atom stereocenters.